The Hall–Kier alpha value is -0.900. The molecule has 0 amide bonds. The lowest BCUT2D eigenvalue weighted by Crippen LogP contribution is -2.39. The van der Waals surface area contributed by atoms with E-state index < -0.39 is 4.81 Å². The summed E-state index contributed by atoms with van der Waals surface area (Å²) in [5.41, 5.74) is 0.399. The molecule has 0 radical (unpaired) electrons. The Labute approximate surface area is 78.4 Å². The Kier molecular flexibility index (Phi) is 3.42. The molecule has 1 aromatic carbocycles. The number of unbranched alkanes of at least 4 members (excludes halogenated alkanes) is 1. The van der Waals surface area contributed by atoms with Crippen molar-refractivity contribution in [1.82, 2.24) is 4.81 Å². The number of hydrogen-bond acceptors (Lipinski definition) is 2. The van der Waals surface area contributed by atoms with E-state index in [4.69, 9.17) is 0 Å². The van der Waals surface area contributed by atoms with E-state index in [9.17, 15) is 10.4 Å². The summed E-state index contributed by atoms with van der Waals surface area (Å²) < 4.78 is 0. The molecule has 3 heteroatoms. The van der Waals surface area contributed by atoms with Crippen molar-refractivity contribution >= 4 is 5.69 Å². The molecule has 0 aliphatic rings. The first kappa shape index (κ1) is 10.2. The van der Waals surface area contributed by atoms with Gasteiger partial charge in [-0.2, -0.15) is 4.81 Å². The molecule has 0 saturated carbocycles. The molecule has 1 atom stereocenters. The lowest BCUT2D eigenvalue weighted by Gasteiger charge is -2.32. The standard InChI is InChI=1S/C10H15NO2/c1-2-3-9-11(12,13)10-7-5-4-6-8-10/h4-8,12H,2-3,9H2,1H3. The van der Waals surface area contributed by atoms with Crippen LogP contribution in [0.25, 0.3) is 0 Å². The summed E-state index contributed by atoms with van der Waals surface area (Å²) in [4.78, 5) is -1.26. The smallest absolute Gasteiger partial charge is 0.165 e. The Bertz CT molecular complexity index is 246. The van der Waals surface area contributed by atoms with Gasteiger partial charge < -0.3 is 5.21 Å². The third kappa shape index (κ3) is 2.81. The maximum absolute atomic E-state index is 11.6. The summed E-state index contributed by atoms with van der Waals surface area (Å²) in [5, 5.41) is 21.1. The van der Waals surface area contributed by atoms with Crippen LogP contribution < -0.4 is 4.81 Å². The van der Waals surface area contributed by atoms with Gasteiger partial charge in [0.2, 0.25) is 0 Å². The molecule has 0 spiro atoms. The molecule has 0 bridgehead atoms. The molecule has 13 heavy (non-hydrogen) atoms. The number of hydroxylamine groups is 2. The van der Waals surface area contributed by atoms with Crippen LogP contribution in [0.1, 0.15) is 19.8 Å². The van der Waals surface area contributed by atoms with Gasteiger partial charge in [-0.05, 0) is 6.42 Å². The van der Waals surface area contributed by atoms with Crippen LogP contribution in [-0.4, -0.2) is 11.8 Å². The zero-order valence-corrected chi connectivity index (χ0v) is 7.81. The van der Waals surface area contributed by atoms with E-state index >= 15 is 0 Å². The van der Waals surface area contributed by atoms with Crippen LogP contribution in [0, 0.1) is 5.21 Å². The van der Waals surface area contributed by atoms with Crippen LogP contribution in [0.2, 0.25) is 0 Å². The summed E-state index contributed by atoms with van der Waals surface area (Å²) in [6.45, 7) is 2.21. The minimum atomic E-state index is -1.26. The molecule has 72 valence electrons. The lowest BCUT2D eigenvalue weighted by molar-refractivity contribution is -0.0322. The second kappa shape index (κ2) is 4.37. The number of para-hydroxylation sites is 1. The van der Waals surface area contributed by atoms with Crippen LogP contribution in [0.15, 0.2) is 30.3 Å². The van der Waals surface area contributed by atoms with Gasteiger partial charge in [-0.25, -0.2) is 5.21 Å². The van der Waals surface area contributed by atoms with Crippen molar-refractivity contribution in [3.8, 4) is 0 Å². The van der Waals surface area contributed by atoms with Gasteiger partial charge in [0, 0.05) is 12.1 Å². The highest BCUT2D eigenvalue weighted by molar-refractivity contribution is 5.40. The average molecular weight is 181 g/mol. The fourth-order valence-corrected chi connectivity index (χ4v) is 1.16. The zero-order valence-electron chi connectivity index (χ0n) is 7.81. The third-order valence-electron chi connectivity index (χ3n) is 1.97. The van der Waals surface area contributed by atoms with Crippen LogP contribution in [0.5, 0.6) is 0 Å². The van der Waals surface area contributed by atoms with Crippen molar-refractivity contribution in [3.05, 3.63) is 35.5 Å². The number of benzene rings is 1. The lowest BCUT2D eigenvalue weighted by atomic mass is 10.3. The highest BCUT2D eigenvalue weighted by Gasteiger charge is 2.15. The summed E-state index contributed by atoms with van der Waals surface area (Å²) >= 11 is 0. The summed E-state index contributed by atoms with van der Waals surface area (Å²) in [6.07, 6.45) is 1.64. The number of nitrogens with zero attached hydrogens (tertiary/aromatic N) is 1. The van der Waals surface area contributed by atoms with Gasteiger partial charge in [-0.3, -0.25) is 0 Å². The van der Waals surface area contributed by atoms with Crippen molar-refractivity contribution in [2.45, 2.75) is 19.8 Å². The summed E-state index contributed by atoms with van der Waals surface area (Å²) in [6, 6.07) is 8.61. The predicted molar refractivity (Wildman–Crippen MR) is 53.2 cm³/mol. The number of hydrogen-bond donors (Lipinski definition) is 1. The fraction of sp³-hybridized carbons (Fsp3) is 0.400. The fourth-order valence-electron chi connectivity index (χ4n) is 1.16. The molecule has 1 rings (SSSR count). The molecule has 0 aliphatic heterocycles. The average Bonchev–Trinajstić information content (AvgIpc) is 2.16. The molecule has 1 N–H and O–H groups in total. The van der Waals surface area contributed by atoms with E-state index in [-0.39, 0.29) is 6.54 Å². The van der Waals surface area contributed by atoms with Crippen molar-refractivity contribution in [1.29, 1.82) is 0 Å². The highest BCUT2D eigenvalue weighted by atomic mass is 16.8. The minimum Gasteiger partial charge on any atom is -0.593 e. The zero-order chi connectivity index (χ0) is 9.73. The van der Waals surface area contributed by atoms with Crippen LogP contribution in [0.3, 0.4) is 0 Å². The van der Waals surface area contributed by atoms with Crippen molar-refractivity contribution in [2.75, 3.05) is 6.54 Å². The third-order valence-corrected chi connectivity index (χ3v) is 1.97. The van der Waals surface area contributed by atoms with E-state index in [0.29, 0.717) is 5.69 Å². The first-order chi connectivity index (χ1) is 6.17. The number of quaternary nitrogens is 1. The molecular weight excluding hydrogens is 166 g/mol. The minimum absolute atomic E-state index is 0.223. The molecule has 0 aromatic heterocycles. The SMILES string of the molecule is CCCC[N+]([O-])(O)c1ccccc1. The molecule has 1 unspecified atom stereocenters. The maximum Gasteiger partial charge on any atom is 0.165 e. The quantitative estimate of drug-likeness (QED) is 0.573. The highest BCUT2D eigenvalue weighted by Crippen LogP contribution is 2.18. The molecule has 0 aliphatic carbocycles. The molecule has 0 saturated heterocycles. The molecular formula is C10H15NO2. The molecule has 0 fully saturated rings. The van der Waals surface area contributed by atoms with Gasteiger partial charge >= 0.3 is 0 Å². The molecule has 1 aromatic rings. The van der Waals surface area contributed by atoms with Crippen molar-refractivity contribution in [3.63, 3.8) is 0 Å². The summed E-state index contributed by atoms with van der Waals surface area (Å²) in [5.74, 6) is 0. The normalized spacial score (nSPS) is 15.3. The van der Waals surface area contributed by atoms with E-state index in [1.807, 2.05) is 13.0 Å². The Balaban J connectivity index is 2.69. The van der Waals surface area contributed by atoms with Crippen LogP contribution >= 0.6 is 0 Å². The van der Waals surface area contributed by atoms with Crippen LogP contribution in [-0.2, 0) is 0 Å². The first-order valence-electron chi connectivity index (χ1n) is 4.54. The van der Waals surface area contributed by atoms with E-state index in [1.54, 1.807) is 24.3 Å². The maximum atomic E-state index is 11.6. The first-order valence-corrected chi connectivity index (χ1v) is 4.54. The van der Waals surface area contributed by atoms with Gasteiger partial charge in [-0.1, -0.05) is 31.5 Å². The van der Waals surface area contributed by atoms with Crippen LogP contribution in [0.4, 0.5) is 5.69 Å². The Morgan fingerprint density at radius 2 is 1.92 bits per heavy atom. The van der Waals surface area contributed by atoms with Gasteiger partial charge in [0.1, 0.15) is 6.54 Å². The summed E-state index contributed by atoms with van der Waals surface area (Å²) in [7, 11) is 0. The van der Waals surface area contributed by atoms with Gasteiger partial charge in [-0.15, -0.1) is 0 Å². The van der Waals surface area contributed by atoms with Gasteiger partial charge in [0.05, 0.1) is 0 Å². The van der Waals surface area contributed by atoms with E-state index in [2.05, 4.69) is 0 Å². The monoisotopic (exact) mass is 181 g/mol. The predicted octanol–water partition coefficient (Wildman–Crippen LogP) is 2.68. The van der Waals surface area contributed by atoms with E-state index in [0.717, 1.165) is 12.8 Å². The van der Waals surface area contributed by atoms with Gasteiger partial charge in [0.15, 0.2) is 5.69 Å². The molecule has 0 heterocycles. The second-order valence-electron chi connectivity index (χ2n) is 3.11. The van der Waals surface area contributed by atoms with Crippen molar-refractivity contribution in [2.24, 2.45) is 0 Å². The van der Waals surface area contributed by atoms with E-state index in [1.165, 1.54) is 0 Å². The Morgan fingerprint density at radius 3 is 2.46 bits per heavy atom. The van der Waals surface area contributed by atoms with Crippen molar-refractivity contribution < 1.29 is 5.21 Å². The van der Waals surface area contributed by atoms with Gasteiger partial charge in [0.25, 0.3) is 0 Å². The number of rotatable bonds is 4. The Morgan fingerprint density at radius 1 is 1.31 bits per heavy atom. The molecule has 3 nitrogen and oxygen atoms in total. The largest absolute Gasteiger partial charge is 0.593 e. The second-order valence-corrected chi connectivity index (χ2v) is 3.11. The topological polar surface area (TPSA) is 43.3 Å².